The smallest absolute Gasteiger partial charge is 0.322 e. The van der Waals surface area contributed by atoms with Gasteiger partial charge >= 0.3 is 12.1 Å². The Bertz CT molecular complexity index is 1460. The summed E-state index contributed by atoms with van der Waals surface area (Å²) in [5.41, 5.74) is 4.61. The van der Waals surface area contributed by atoms with E-state index in [4.69, 9.17) is 0 Å². The Kier molecular flexibility index (Phi) is 10.3. The zero-order valence-electron chi connectivity index (χ0n) is 27.8. The summed E-state index contributed by atoms with van der Waals surface area (Å²) in [5.74, 6) is -0.366. The fourth-order valence-corrected chi connectivity index (χ4v) is 7.67. The molecule has 252 valence electrons. The monoisotopic (exact) mass is 643 g/mol. The van der Waals surface area contributed by atoms with E-state index >= 15 is 0 Å². The lowest BCUT2D eigenvalue weighted by atomic mass is 9.98. The van der Waals surface area contributed by atoms with Crippen LogP contribution in [0.15, 0.2) is 42.5 Å². The van der Waals surface area contributed by atoms with Crippen LogP contribution in [0.2, 0.25) is 0 Å². The fourth-order valence-electron chi connectivity index (χ4n) is 7.67. The molecule has 3 fully saturated rings. The van der Waals surface area contributed by atoms with Gasteiger partial charge in [0.25, 0.3) is 0 Å². The Morgan fingerprint density at radius 2 is 1.53 bits per heavy atom. The molecule has 3 N–H and O–H groups in total. The molecule has 0 spiro atoms. The Hall–Kier alpha value is -4.12. The molecular weight excluding hydrogens is 594 g/mol. The van der Waals surface area contributed by atoms with Gasteiger partial charge in [0.05, 0.1) is 6.42 Å². The van der Waals surface area contributed by atoms with Crippen LogP contribution in [0.4, 0.5) is 21.0 Å². The van der Waals surface area contributed by atoms with Gasteiger partial charge in [-0.1, -0.05) is 42.3 Å². The molecule has 2 aromatic rings. The average molecular weight is 644 g/mol. The van der Waals surface area contributed by atoms with Gasteiger partial charge in [-0.2, -0.15) is 0 Å². The Morgan fingerprint density at radius 1 is 0.851 bits per heavy atom. The number of rotatable bonds is 7. The molecule has 0 saturated carbocycles. The molecule has 0 radical (unpaired) electrons. The quantitative estimate of drug-likeness (QED) is 0.405. The molecule has 3 saturated heterocycles. The molecule has 0 bridgehead atoms. The van der Waals surface area contributed by atoms with E-state index in [9.17, 15) is 19.2 Å². The summed E-state index contributed by atoms with van der Waals surface area (Å²) in [6.45, 7) is 8.95. The lowest BCUT2D eigenvalue weighted by Gasteiger charge is -2.41. The van der Waals surface area contributed by atoms with Crippen molar-refractivity contribution in [3.63, 3.8) is 0 Å². The van der Waals surface area contributed by atoms with Crippen LogP contribution in [0.1, 0.15) is 68.1 Å². The second-order valence-electron chi connectivity index (χ2n) is 13.7. The number of piperidine rings is 3. The third kappa shape index (κ3) is 7.89. The highest BCUT2D eigenvalue weighted by Crippen LogP contribution is 2.28. The molecule has 4 aliphatic rings. The van der Waals surface area contributed by atoms with Crippen LogP contribution in [-0.2, 0) is 16.1 Å². The highest BCUT2D eigenvalue weighted by molar-refractivity contribution is 5.96. The van der Waals surface area contributed by atoms with Crippen LogP contribution in [0.25, 0.3) is 0 Å². The van der Waals surface area contributed by atoms with Crippen molar-refractivity contribution in [3.05, 3.63) is 59.2 Å². The lowest BCUT2D eigenvalue weighted by Crippen LogP contribution is -2.56. The number of amides is 6. The molecule has 2 aromatic carbocycles. The molecule has 0 aromatic heterocycles. The second kappa shape index (κ2) is 14.8. The molecule has 0 aliphatic carbocycles. The summed E-state index contributed by atoms with van der Waals surface area (Å²) >= 11 is 0. The first-order valence-corrected chi connectivity index (χ1v) is 17.4. The van der Waals surface area contributed by atoms with Crippen LogP contribution >= 0.6 is 0 Å². The number of aryl methyl sites for hydroxylation is 2. The second-order valence-corrected chi connectivity index (χ2v) is 13.7. The Labute approximate surface area is 278 Å². The van der Waals surface area contributed by atoms with E-state index in [1.165, 1.54) is 19.3 Å². The SMILES string of the molecule is Cc1ccc(NC(=O)N[C@H](CC(=O)N2CCC(N3Cc4ccccc4NC3=O)CC2)C(=O)N2CCC(N3CCCCC3)CC2)c(C)c1. The fraction of sp³-hybridized carbons (Fsp3) is 0.556. The van der Waals surface area contributed by atoms with E-state index in [0.29, 0.717) is 57.3 Å². The molecule has 4 heterocycles. The Balaban J connectivity index is 1.08. The van der Waals surface area contributed by atoms with Gasteiger partial charge in [0.1, 0.15) is 6.04 Å². The van der Waals surface area contributed by atoms with Crippen molar-refractivity contribution in [2.45, 2.75) is 89.9 Å². The maximum absolute atomic E-state index is 13.9. The summed E-state index contributed by atoms with van der Waals surface area (Å²) < 4.78 is 0. The van der Waals surface area contributed by atoms with Gasteiger partial charge in [-0.3, -0.25) is 9.59 Å². The van der Waals surface area contributed by atoms with Crippen LogP contribution in [0, 0.1) is 13.8 Å². The van der Waals surface area contributed by atoms with E-state index in [-0.39, 0.29) is 30.3 Å². The average Bonchev–Trinajstić information content (AvgIpc) is 3.09. The van der Waals surface area contributed by atoms with Crippen LogP contribution < -0.4 is 16.0 Å². The van der Waals surface area contributed by atoms with Gasteiger partial charge in [0, 0.05) is 56.2 Å². The lowest BCUT2D eigenvalue weighted by molar-refractivity contribution is -0.140. The molecule has 6 rings (SSSR count). The molecule has 47 heavy (non-hydrogen) atoms. The third-order valence-electron chi connectivity index (χ3n) is 10.4. The summed E-state index contributed by atoms with van der Waals surface area (Å²) in [4.78, 5) is 61.8. The predicted molar refractivity (Wildman–Crippen MR) is 182 cm³/mol. The van der Waals surface area contributed by atoms with Gasteiger partial charge < -0.3 is 35.6 Å². The molecule has 0 unspecified atom stereocenters. The standard InChI is InChI=1S/C36H49N7O4/c1-25-10-11-30(26(2)22-25)37-35(46)38-32(34(45)42-20-12-28(13-21-42)40-16-6-3-7-17-40)23-33(44)41-18-14-29(15-19-41)43-24-27-8-4-5-9-31(27)39-36(43)47/h4-5,8-11,22,28-29,32H,3,6-7,12-21,23-24H2,1-2H3,(H,39,47)(H2,37,38,46)/t32-/m1/s1. The minimum atomic E-state index is -0.970. The number of fused-ring (bicyclic) bond motifs is 1. The first-order chi connectivity index (χ1) is 22.7. The van der Waals surface area contributed by atoms with Crippen LogP contribution in [0.3, 0.4) is 0 Å². The van der Waals surface area contributed by atoms with Crippen LogP contribution in [-0.4, -0.2) is 101 Å². The van der Waals surface area contributed by atoms with Crippen molar-refractivity contribution < 1.29 is 19.2 Å². The topological polar surface area (TPSA) is 117 Å². The third-order valence-corrected chi connectivity index (χ3v) is 10.4. The van der Waals surface area contributed by atoms with E-state index in [2.05, 4.69) is 20.9 Å². The number of likely N-dealkylation sites (tertiary alicyclic amines) is 3. The number of benzene rings is 2. The van der Waals surface area contributed by atoms with Crippen molar-refractivity contribution in [2.75, 3.05) is 49.9 Å². The van der Waals surface area contributed by atoms with Crippen molar-refractivity contribution in [3.8, 4) is 0 Å². The molecule has 11 nitrogen and oxygen atoms in total. The number of carbonyl (C=O) groups excluding carboxylic acids is 4. The highest BCUT2D eigenvalue weighted by atomic mass is 16.2. The number of carbonyl (C=O) groups is 4. The zero-order chi connectivity index (χ0) is 32.9. The van der Waals surface area contributed by atoms with Gasteiger partial charge in [-0.05, 0) is 88.7 Å². The summed E-state index contributed by atoms with van der Waals surface area (Å²) in [6, 6.07) is 12.5. The van der Waals surface area contributed by atoms with Crippen LogP contribution in [0.5, 0.6) is 0 Å². The summed E-state index contributed by atoms with van der Waals surface area (Å²) in [6.07, 6.45) is 6.78. The predicted octanol–water partition coefficient (Wildman–Crippen LogP) is 4.70. The molecule has 1 atom stereocenters. The van der Waals surface area contributed by atoms with Crippen molar-refractivity contribution in [2.24, 2.45) is 0 Å². The van der Waals surface area contributed by atoms with Gasteiger partial charge in [-0.15, -0.1) is 0 Å². The zero-order valence-corrected chi connectivity index (χ0v) is 27.8. The van der Waals surface area contributed by atoms with Crippen molar-refractivity contribution >= 4 is 35.3 Å². The normalized spacial score (nSPS) is 20.3. The highest BCUT2D eigenvalue weighted by Gasteiger charge is 2.36. The number of hydrogen-bond donors (Lipinski definition) is 3. The largest absolute Gasteiger partial charge is 0.342 e. The Morgan fingerprint density at radius 3 is 2.26 bits per heavy atom. The molecule has 11 heteroatoms. The molecular formula is C36H49N7O4. The number of nitrogens with zero attached hydrogens (tertiary/aromatic N) is 4. The number of anilines is 2. The van der Waals surface area contributed by atoms with Gasteiger partial charge in [0.2, 0.25) is 11.8 Å². The summed E-state index contributed by atoms with van der Waals surface area (Å²) in [5, 5.41) is 8.74. The number of para-hydroxylation sites is 1. The van der Waals surface area contributed by atoms with Crippen molar-refractivity contribution in [1.29, 1.82) is 0 Å². The molecule has 6 amide bonds. The molecule has 4 aliphatic heterocycles. The van der Waals surface area contributed by atoms with Crippen molar-refractivity contribution in [1.82, 2.24) is 24.9 Å². The number of urea groups is 2. The maximum atomic E-state index is 13.9. The first-order valence-electron chi connectivity index (χ1n) is 17.4. The van der Waals surface area contributed by atoms with E-state index in [1.54, 1.807) is 4.90 Å². The number of nitrogens with one attached hydrogen (secondary N) is 3. The minimum absolute atomic E-state index is 0.0210. The minimum Gasteiger partial charge on any atom is -0.342 e. The van der Waals surface area contributed by atoms with E-state index in [0.717, 1.165) is 48.3 Å². The van der Waals surface area contributed by atoms with E-state index in [1.807, 2.05) is 66.1 Å². The van der Waals surface area contributed by atoms with E-state index < -0.39 is 12.1 Å². The van der Waals surface area contributed by atoms with Gasteiger partial charge in [-0.25, -0.2) is 9.59 Å². The maximum Gasteiger partial charge on any atom is 0.322 e. The summed E-state index contributed by atoms with van der Waals surface area (Å²) in [7, 11) is 0. The number of hydrogen-bond acceptors (Lipinski definition) is 5. The van der Waals surface area contributed by atoms with Gasteiger partial charge in [0.15, 0.2) is 0 Å². The first kappa shape index (κ1) is 32.8.